The first kappa shape index (κ1) is 17.9. The van der Waals surface area contributed by atoms with Crippen LogP contribution in [0.15, 0.2) is 29.2 Å². The minimum atomic E-state index is -3.44. The van der Waals surface area contributed by atoms with Gasteiger partial charge in [0.25, 0.3) is 5.91 Å². The zero-order valence-electron chi connectivity index (χ0n) is 13.5. The summed E-state index contributed by atoms with van der Waals surface area (Å²) >= 11 is 0. The Morgan fingerprint density at radius 2 is 1.83 bits per heavy atom. The van der Waals surface area contributed by atoms with E-state index in [1.165, 1.54) is 16.4 Å². The van der Waals surface area contributed by atoms with Crippen LogP contribution in [0.1, 0.15) is 36.0 Å². The van der Waals surface area contributed by atoms with Gasteiger partial charge in [-0.1, -0.05) is 6.42 Å². The molecule has 1 fully saturated rings. The fourth-order valence-electron chi connectivity index (χ4n) is 2.55. The third-order valence-electron chi connectivity index (χ3n) is 3.88. The van der Waals surface area contributed by atoms with E-state index in [1.807, 2.05) is 0 Å². The Hall–Kier alpha value is -1.44. The molecule has 1 aromatic rings. The predicted molar refractivity (Wildman–Crippen MR) is 87.9 cm³/mol. The lowest BCUT2D eigenvalue weighted by atomic mass is 10.2. The SMILES string of the molecule is COCCCNC(=O)c1ccc(S(=O)(=O)N2CCCCC2)cc1. The Kier molecular flexibility index (Phi) is 6.56. The lowest BCUT2D eigenvalue weighted by molar-refractivity contribution is 0.0948. The number of methoxy groups -OCH3 is 1. The molecule has 0 bridgehead atoms. The maximum absolute atomic E-state index is 12.5. The van der Waals surface area contributed by atoms with Gasteiger partial charge in [0.1, 0.15) is 0 Å². The van der Waals surface area contributed by atoms with E-state index in [-0.39, 0.29) is 10.8 Å². The van der Waals surface area contributed by atoms with Gasteiger partial charge in [-0.05, 0) is 43.5 Å². The van der Waals surface area contributed by atoms with Crippen molar-refractivity contribution in [1.82, 2.24) is 9.62 Å². The van der Waals surface area contributed by atoms with Crippen molar-refractivity contribution in [3.05, 3.63) is 29.8 Å². The quantitative estimate of drug-likeness (QED) is 0.766. The summed E-state index contributed by atoms with van der Waals surface area (Å²) in [5.41, 5.74) is 0.458. The van der Waals surface area contributed by atoms with Crippen molar-refractivity contribution in [2.24, 2.45) is 0 Å². The van der Waals surface area contributed by atoms with Crippen molar-refractivity contribution in [2.45, 2.75) is 30.6 Å². The zero-order valence-corrected chi connectivity index (χ0v) is 14.3. The topological polar surface area (TPSA) is 75.7 Å². The molecule has 0 aromatic heterocycles. The second-order valence-electron chi connectivity index (χ2n) is 5.59. The molecule has 1 heterocycles. The van der Waals surface area contributed by atoms with Gasteiger partial charge in [0, 0.05) is 38.9 Å². The fourth-order valence-corrected chi connectivity index (χ4v) is 4.07. The number of amides is 1. The van der Waals surface area contributed by atoms with Crippen molar-refractivity contribution in [3.8, 4) is 0 Å². The zero-order chi connectivity index (χ0) is 16.7. The molecule has 0 radical (unpaired) electrons. The van der Waals surface area contributed by atoms with Crippen LogP contribution in [0.5, 0.6) is 0 Å². The van der Waals surface area contributed by atoms with Crippen LogP contribution >= 0.6 is 0 Å². The highest BCUT2D eigenvalue weighted by Gasteiger charge is 2.25. The minimum Gasteiger partial charge on any atom is -0.385 e. The Balaban J connectivity index is 1.99. The molecule has 1 aliphatic rings. The molecule has 2 rings (SSSR count). The normalized spacial score (nSPS) is 16.2. The summed E-state index contributed by atoms with van der Waals surface area (Å²) in [7, 11) is -1.83. The van der Waals surface area contributed by atoms with Crippen LogP contribution < -0.4 is 5.32 Å². The van der Waals surface area contributed by atoms with Crippen LogP contribution in [-0.4, -0.2) is 52.0 Å². The molecule has 0 aliphatic carbocycles. The van der Waals surface area contributed by atoms with Crippen LogP contribution in [0.4, 0.5) is 0 Å². The molecule has 6 nitrogen and oxygen atoms in total. The highest BCUT2D eigenvalue weighted by atomic mass is 32.2. The summed E-state index contributed by atoms with van der Waals surface area (Å²) < 4.78 is 31.5. The molecule has 0 atom stereocenters. The summed E-state index contributed by atoms with van der Waals surface area (Å²) in [6.07, 6.45) is 3.63. The average molecular weight is 340 g/mol. The Morgan fingerprint density at radius 1 is 1.17 bits per heavy atom. The van der Waals surface area contributed by atoms with E-state index < -0.39 is 10.0 Å². The first-order valence-electron chi connectivity index (χ1n) is 7.93. The Labute approximate surface area is 137 Å². The van der Waals surface area contributed by atoms with Crippen molar-refractivity contribution in [3.63, 3.8) is 0 Å². The molecule has 1 saturated heterocycles. The number of carbonyl (C=O) groups excluding carboxylic acids is 1. The largest absolute Gasteiger partial charge is 0.385 e. The van der Waals surface area contributed by atoms with Gasteiger partial charge in [0.2, 0.25) is 10.0 Å². The first-order chi connectivity index (χ1) is 11.1. The molecule has 0 unspecified atom stereocenters. The monoisotopic (exact) mass is 340 g/mol. The smallest absolute Gasteiger partial charge is 0.251 e. The lowest BCUT2D eigenvalue weighted by Gasteiger charge is -2.25. The van der Waals surface area contributed by atoms with Crippen LogP contribution in [0.3, 0.4) is 0 Å². The van der Waals surface area contributed by atoms with E-state index in [2.05, 4.69) is 5.32 Å². The van der Waals surface area contributed by atoms with Gasteiger partial charge in [-0.15, -0.1) is 0 Å². The van der Waals surface area contributed by atoms with Crippen molar-refractivity contribution < 1.29 is 17.9 Å². The van der Waals surface area contributed by atoms with E-state index >= 15 is 0 Å². The van der Waals surface area contributed by atoms with Gasteiger partial charge in [-0.3, -0.25) is 4.79 Å². The Bertz CT molecular complexity index is 607. The van der Waals surface area contributed by atoms with Crippen LogP contribution in [0.2, 0.25) is 0 Å². The van der Waals surface area contributed by atoms with Crippen LogP contribution in [-0.2, 0) is 14.8 Å². The number of hydrogen-bond donors (Lipinski definition) is 1. The standard InChI is InChI=1S/C16H24N2O4S/c1-22-13-5-10-17-16(19)14-6-8-15(9-7-14)23(20,21)18-11-3-2-4-12-18/h6-9H,2-5,10-13H2,1H3,(H,17,19). The molecule has 0 spiro atoms. The van der Waals surface area contributed by atoms with Gasteiger partial charge < -0.3 is 10.1 Å². The lowest BCUT2D eigenvalue weighted by Crippen LogP contribution is -2.35. The van der Waals surface area contributed by atoms with E-state index in [0.717, 1.165) is 25.7 Å². The number of carbonyl (C=O) groups is 1. The van der Waals surface area contributed by atoms with E-state index in [1.54, 1.807) is 19.2 Å². The Morgan fingerprint density at radius 3 is 2.43 bits per heavy atom. The number of rotatable bonds is 7. The van der Waals surface area contributed by atoms with Crippen LogP contribution in [0.25, 0.3) is 0 Å². The van der Waals surface area contributed by atoms with Gasteiger partial charge in [0.15, 0.2) is 0 Å². The second-order valence-corrected chi connectivity index (χ2v) is 7.53. The number of benzene rings is 1. The maximum atomic E-state index is 12.5. The average Bonchev–Trinajstić information content (AvgIpc) is 2.59. The molecule has 128 valence electrons. The molecule has 7 heteroatoms. The van der Waals surface area contributed by atoms with Crippen molar-refractivity contribution in [1.29, 1.82) is 0 Å². The third-order valence-corrected chi connectivity index (χ3v) is 5.79. The first-order valence-corrected chi connectivity index (χ1v) is 9.37. The molecule has 1 N–H and O–H groups in total. The third kappa shape index (κ3) is 4.76. The highest BCUT2D eigenvalue weighted by molar-refractivity contribution is 7.89. The summed E-state index contributed by atoms with van der Waals surface area (Å²) in [6.45, 7) is 2.27. The molecule has 1 amide bonds. The summed E-state index contributed by atoms with van der Waals surface area (Å²) in [4.78, 5) is 12.2. The number of piperidine rings is 1. The molecular weight excluding hydrogens is 316 g/mol. The highest BCUT2D eigenvalue weighted by Crippen LogP contribution is 2.20. The predicted octanol–water partition coefficient (Wildman–Crippen LogP) is 1.63. The van der Waals surface area contributed by atoms with Gasteiger partial charge in [0.05, 0.1) is 4.90 Å². The molecule has 0 saturated carbocycles. The fraction of sp³-hybridized carbons (Fsp3) is 0.562. The molecule has 1 aromatic carbocycles. The number of ether oxygens (including phenoxy) is 1. The number of nitrogens with zero attached hydrogens (tertiary/aromatic N) is 1. The minimum absolute atomic E-state index is 0.206. The molecule has 23 heavy (non-hydrogen) atoms. The second kappa shape index (κ2) is 8.42. The van der Waals surface area contributed by atoms with Crippen molar-refractivity contribution in [2.75, 3.05) is 33.4 Å². The number of nitrogens with one attached hydrogen (secondary N) is 1. The molecular formula is C16H24N2O4S. The van der Waals surface area contributed by atoms with Gasteiger partial charge in [-0.2, -0.15) is 4.31 Å². The van der Waals surface area contributed by atoms with Gasteiger partial charge >= 0.3 is 0 Å². The summed E-state index contributed by atoms with van der Waals surface area (Å²) in [5, 5.41) is 2.78. The van der Waals surface area contributed by atoms with E-state index in [9.17, 15) is 13.2 Å². The summed E-state index contributed by atoms with van der Waals surface area (Å²) in [5.74, 6) is -0.206. The maximum Gasteiger partial charge on any atom is 0.251 e. The number of sulfonamides is 1. The molecule has 1 aliphatic heterocycles. The summed E-state index contributed by atoms with van der Waals surface area (Å²) in [6, 6.07) is 6.13. The van der Waals surface area contributed by atoms with Crippen LogP contribution in [0, 0.1) is 0 Å². The van der Waals surface area contributed by atoms with Crippen molar-refractivity contribution >= 4 is 15.9 Å². The van der Waals surface area contributed by atoms with E-state index in [0.29, 0.717) is 31.8 Å². The van der Waals surface area contributed by atoms with E-state index in [4.69, 9.17) is 4.74 Å². The number of hydrogen-bond acceptors (Lipinski definition) is 4. The van der Waals surface area contributed by atoms with Gasteiger partial charge in [-0.25, -0.2) is 8.42 Å².